The van der Waals surface area contributed by atoms with Crippen LogP contribution in [0.15, 0.2) is 30.3 Å². The van der Waals surface area contributed by atoms with Crippen LogP contribution < -0.4 is 14.8 Å². The van der Waals surface area contributed by atoms with Crippen LogP contribution in [0.2, 0.25) is 5.02 Å². The summed E-state index contributed by atoms with van der Waals surface area (Å²) in [4.78, 5) is 23.5. The summed E-state index contributed by atoms with van der Waals surface area (Å²) >= 11 is 6.33. The van der Waals surface area contributed by atoms with E-state index in [1.54, 1.807) is 37.4 Å². The van der Waals surface area contributed by atoms with Crippen LogP contribution in [-0.4, -0.2) is 70.6 Å². The van der Waals surface area contributed by atoms with E-state index in [1.807, 2.05) is 0 Å². The number of hydrogen-bond donors (Lipinski definition) is 3. The first-order valence-electron chi connectivity index (χ1n) is 9.66. The average molecular weight is 447 g/mol. The van der Waals surface area contributed by atoms with Crippen molar-refractivity contribution in [2.24, 2.45) is 0 Å². The van der Waals surface area contributed by atoms with Crippen LogP contribution in [0.1, 0.15) is 10.4 Å². The minimum Gasteiger partial charge on any atom is -0.456 e. The first-order chi connectivity index (χ1) is 15.0. The van der Waals surface area contributed by atoms with Crippen LogP contribution in [0.5, 0.6) is 17.6 Å². The Bertz CT molecular complexity index is 1140. The highest BCUT2D eigenvalue weighted by molar-refractivity contribution is 6.32. The number of rotatable bonds is 5. The van der Waals surface area contributed by atoms with Crippen molar-refractivity contribution in [1.29, 1.82) is 0 Å². The largest absolute Gasteiger partial charge is 0.456 e. The summed E-state index contributed by atoms with van der Waals surface area (Å²) in [6.45, 7) is 0.502. The number of aromatic amines is 1. The minimum atomic E-state index is -0.656. The lowest BCUT2D eigenvalue weighted by atomic mass is 10.1. The Morgan fingerprint density at radius 1 is 1.26 bits per heavy atom. The van der Waals surface area contributed by atoms with Gasteiger partial charge in [0.1, 0.15) is 29.1 Å². The molecule has 0 bridgehead atoms. The Balaban J connectivity index is 1.36. The highest BCUT2D eigenvalue weighted by atomic mass is 35.5. The molecule has 2 saturated heterocycles. The van der Waals surface area contributed by atoms with E-state index in [4.69, 9.17) is 30.5 Å². The number of nitrogens with zero attached hydrogens (tertiary/aromatic N) is 2. The second-order valence-electron chi connectivity index (χ2n) is 7.22. The molecular formula is C20H19ClN4O6. The smallest absolute Gasteiger partial charge is 0.296 e. The molecule has 2 aliphatic heterocycles. The van der Waals surface area contributed by atoms with Crippen LogP contribution in [0, 0.1) is 0 Å². The van der Waals surface area contributed by atoms with Crippen LogP contribution in [0.3, 0.4) is 0 Å². The number of halogens is 1. The summed E-state index contributed by atoms with van der Waals surface area (Å²) in [5, 5.41) is 12.7. The van der Waals surface area contributed by atoms with Gasteiger partial charge < -0.3 is 34.4 Å². The molecule has 0 spiro atoms. The van der Waals surface area contributed by atoms with Gasteiger partial charge in [-0.05, 0) is 24.3 Å². The number of pyridine rings is 1. The van der Waals surface area contributed by atoms with Gasteiger partial charge in [-0.1, -0.05) is 17.7 Å². The molecule has 2 aliphatic rings. The lowest BCUT2D eigenvalue weighted by Crippen LogP contribution is -2.34. The Morgan fingerprint density at radius 3 is 2.94 bits per heavy atom. The monoisotopic (exact) mass is 446 g/mol. The standard InChI is InChI=1S/C20H19ClN4O6/c1-22-18(27)9-3-2-4-10(5-9)30-19-11(21)6-12-17(24-19)25-20(23-12)31-14-8-29-15-13(26)7-28-16(14)15/h2-6,13-16,26H,7-8H2,1H3,(H,22,27)(H,23,24,25)/t13-,14-,15?,16-/m1/s1. The van der Waals surface area contributed by atoms with Crippen molar-refractivity contribution < 1.29 is 28.8 Å². The first-order valence-corrected chi connectivity index (χ1v) is 10.0. The number of H-pyrrole nitrogens is 1. The number of fused-ring (bicyclic) bond motifs is 2. The predicted octanol–water partition coefficient (Wildman–Crippen LogP) is 1.67. The molecule has 4 atom stereocenters. The van der Waals surface area contributed by atoms with Crippen molar-refractivity contribution >= 4 is 28.7 Å². The number of carbonyl (C=O) groups is 1. The summed E-state index contributed by atoms with van der Waals surface area (Å²) in [6, 6.07) is 8.52. The molecule has 31 heavy (non-hydrogen) atoms. The number of benzene rings is 1. The van der Waals surface area contributed by atoms with Crippen LogP contribution in [0.25, 0.3) is 11.2 Å². The first kappa shape index (κ1) is 20.0. The van der Waals surface area contributed by atoms with E-state index < -0.39 is 18.3 Å². The number of aliphatic hydroxyl groups is 1. The van der Waals surface area contributed by atoms with Gasteiger partial charge in [-0.3, -0.25) is 4.79 Å². The summed E-state index contributed by atoms with van der Waals surface area (Å²) < 4.78 is 22.8. The third-order valence-corrected chi connectivity index (χ3v) is 5.43. The lowest BCUT2D eigenvalue weighted by Gasteiger charge is -2.15. The van der Waals surface area contributed by atoms with E-state index >= 15 is 0 Å². The summed E-state index contributed by atoms with van der Waals surface area (Å²) in [6.07, 6.45) is -1.81. The van der Waals surface area contributed by atoms with Gasteiger partial charge in [-0.15, -0.1) is 0 Å². The molecule has 0 aliphatic carbocycles. The fraction of sp³-hybridized carbons (Fsp3) is 0.350. The molecule has 2 fully saturated rings. The fourth-order valence-corrected chi connectivity index (χ4v) is 3.84. The quantitative estimate of drug-likeness (QED) is 0.540. The topological polar surface area (TPSA) is 128 Å². The molecule has 162 valence electrons. The van der Waals surface area contributed by atoms with Crippen LogP contribution in [-0.2, 0) is 9.47 Å². The Kier molecular flexibility index (Phi) is 5.14. The van der Waals surface area contributed by atoms with Crippen molar-refractivity contribution in [2.75, 3.05) is 20.3 Å². The number of ether oxygens (including phenoxy) is 4. The Labute approximate surface area is 181 Å². The number of amides is 1. The Hall–Kier alpha value is -2.92. The highest BCUT2D eigenvalue weighted by Gasteiger charge is 2.48. The van der Waals surface area contributed by atoms with E-state index in [-0.39, 0.29) is 42.1 Å². The summed E-state index contributed by atoms with van der Waals surface area (Å²) in [5.74, 6) is 0.326. The van der Waals surface area contributed by atoms with E-state index in [0.29, 0.717) is 22.5 Å². The maximum Gasteiger partial charge on any atom is 0.296 e. The molecule has 3 aromatic rings. The van der Waals surface area contributed by atoms with E-state index in [9.17, 15) is 9.90 Å². The predicted molar refractivity (Wildman–Crippen MR) is 109 cm³/mol. The van der Waals surface area contributed by atoms with E-state index in [0.717, 1.165) is 0 Å². The van der Waals surface area contributed by atoms with Crippen LogP contribution in [0.4, 0.5) is 0 Å². The third-order valence-electron chi connectivity index (χ3n) is 5.16. The van der Waals surface area contributed by atoms with Gasteiger partial charge in [0.2, 0.25) is 5.88 Å². The van der Waals surface area contributed by atoms with E-state index in [2.05, 4.69) is 20.3 Å². The van der Waals surface area contributed by atoms with Gasteiger partial charge in [-0.2, -0.15) is 9.97 Å². The zero-order chi connectivity index (χ0) is 21.5. The molecular weight excluding hydrogens is 428 g/mol. The molecule has 4 heterocycles. The number of imidazole rings is 1. The maximum atomic E-state index is 11.8. The number of carbonyl (C=O) groups excluding carboxylic acids is 1. The van der Waals surface area contributed by atoms with Gasteiger partial charge in [0.15, 0.2) is 11.8 Å². The lowest BCUT2D eigenvalue weighted by molar-refractivity contribution is 0.00706. The second kappa shape index (κ2) is 7.97. The molecule has 11 heteroatoms. The fourth-order valence-electron chi connectivity index (χ4n) is 3.65. The van der Waals surface area contributed by atoms with Crippen molar-refractivity contribution in [1.82, 2.24) is 20.3 Å². The van der Waals surface area contributed by atoms with Gasteiger partial charge in [-0.25, -0.2) is 0 Å². The van der Waals surface area contributed by atoms with Gasteiger partial charge >= 0.3 is 0 Å². The summed E-state index contributed by atoms with van der Waals surface area (Å²) in [5.41, 5.74) is 1.36. The zero-order valence-corrected chi connectivity index (χ0v) is 17.1. The zero-order valence-electron chi connectivity index (χ0n) is 16.4. The van der Waals surface area contributed by atoms with Crippen molar-refractivity contribution in [3.63, 3.8) is 0 Å². The van der Waals surface area contributed by atoms with Crippen molar-refractivity contribution in [2.45, 2.75) is 24.4 Å². The molecule has 1 aromatic carbocycles. The molecule has 3 N–H and O–H groups in total. The summed E-state index contributed by atoms with van der Waals surface area (Å²) in [7, 11) is 1.55. The average Bonchev–Trinajstić information content (AvgIpc) is 3.45. The number of hydrogen-bond acceptors (Lipinski definition) is 8. The van der Waals surface area contributed by atoms with Gasteiger partial charge in [0.05, 0.1) is 18.7 Å². The number of nitrogens with one attached hydrogen (secondary N) is 2. The molecule has 0 radical (unpaired) electrons. The normalized spacial score (nSPS) is 24.9. The van der Waals surface area contributed by atoms with Crippen molar-refractivity contribution in [3.05, 3.63) is 40.9 Å². The molecule has 1 amide bonds. The molecule has 5 rings (SSSR count). The number of aromatic nitrogens is 3. The van der Waals surface area contributed by atoms with Crippen LogP contribution >= 0.6 is 11.6 Å². The molecule has 2 aromatic heterocycles. The van der Waals surface area contributed by atoms with Gasteiger partial charge in [0, 0.05) is 12.6 Å². The Morgan fingerprint density at radius 2 is 2.10 bits per heavy atom. The van der Waals surface area contributed by atoms with Gasteiger partial charge in [0.25, 0.3) is 11.9 Å². The van der Waals surface area contributed by atoms with E-state index in [1.165, 1.54) is 0 Å². The number of aliphatic hydroxyl groups excluding tert-OH is 1. The molecule has 1 unspecified atom stereocenters. The third kappa shape index (κ3) is 3.79. The SMILES string of the molecule is CNC(=O)c1cccc(Oc2nc3nc(O[C@@H]4COC5[C@H](O)CO[C@@H]54)[nH]c3cc2Cl)c1. The van der Waals surface area contributed by atoms with Crippen molar-refractivity contribution in [3.8, 4) is 17.6 Å². The second-order valence-corrected chi connectivity index (χ2v) is 7.62. The molecule has 10 nitrogen and oxygen atoms in total. The highest BCUT2D eigenvalue weighted by Crippen LogP contribution is 2.33. The maximum absolute atomic E-state index is 11.8. The minimum absolute atomic E-state index is 0.146. The molecule has 0 saturated carbocycles.